The van der Waals surface area contributed by atoms with Crippen LogP contribution in [0.5, 0.6) is 5.75 Å². The van der Waals surface area contributed by atoms with Gasteiger partial charge >= 0.3 is 0 Å². The summed E-state index contributed by atoms with van der Waals surface area (Å²) < 4.78 is 21.2. The zero-order valence-corrected chi connectivity index (χ0v) is 12.4. The molecule has 0 aliphatic rings. The van der Waals surface area contributed by atoms with Crippen molar-refractivity contribution in [3.05, 3.63) is 40.6 Å². The minimum absolute atomic E-state index is 0.259. The Balaban J connectivity index is 2.06. The molecule has 0 N–H and O–H groups in total. The van der Waals surface area contributed by atoms with Gasteiger partial charge in [0.1, 0.15) is 24.5 Å². The molecule has 0 amide bonds. The van der Waals surface area contributed by atoms with Gasteiger partial charge in [-0.05, 0) is 34.0 Å². The molecule has 0 fully saturated rings. The summed E-state index contributed by atoms with van der Waals surface area (Å²) in [5.41, 5.74) is 0. The van der Waals surface area contributed by atoms with E-state index in [0.717, 1.165) is 12.4 Å². The highest BCUT2D eigenvalue weighted by Gasteiger charge is 2.09. The highest BCUT2D eigenvalue weighted by molar-refractivity contribution is 9.10. The maximum Gasteiger partial charge on any atom is 0.164 e. The molecular weight excluding hydrogens is 313 g/mol. The van der Waals surface area contributed by atoms with Gasteiger partial charge in [-0.1, -0.05) is 13.8 Å². The van der Waals surface area contributed by atoms with Gasteiger partial charge in [0, 0.05) is 12.6 Å². The lowest BCUT2D eigenvalue weighted by Crippen LogP contribution is -2.12. The van der Waals surface area contributed by atoms with Crippen molar-refractivity contribution in [2.45, 2.75) is 27.0 Å². The molecule has 0 radical (unpaired) electrons. The minimum atomic E-state index is -0.332. The van der Waals surface area contributed by atoms with Gasteiger partial charge in [-0.3, -0.25) is 0 Å². The van der Waals surface area contributed by atoms with E-state index < -0.39 is 0 Å². The van der Waals surface area contributed by atoms with Crippen molar-refractivity contribution in [2.24, 2.45) is 5.92 Å². The number of rotatable bonds is 5. The first kappa shape index (κ1) is 14.0. The highest BCUT2D eigenvalue weighted by atomic mass is 79.9. The number of aromatic nitrogens is 3. The molecule has 0 bridgehead atoms. The molecule has 6 heteroatoms. The third-order valence-corrected chi connectivity index (χ3v) is 3.14. The van der Waals surface area contributed by atoms with E-state index in [2.05, 4.69) is 39.9 Å². The maximum absolute atomic E-state index is 13.1. The fourth-order valence-corrected chi connectivity index (χ4v) is 1.99. The minimum Gasteiger partial charge on any atom is -0.484 e. The number of hydrogen-bond donors (Lipinski definition) is 0. The van der Waals surface area contributed by atoms with E-state index in [4.69, 9.17) is 4.74 Å². The van der Waals surface area contributed by atoms with Gasteiger partial charge in [0.05, 0.1) is 4.47 Å². The number of benzene rings is 1. The standard InChI is InChI=1S/C13H15BrFN3O/c1-9(2)6-18-13(16-8-17-18)7-19-12-5-10(15)3-4-11(12)14/h3-5,8-9H,6-7H2,1-2H3. The van der Waals surface area contributed by atoms with Gasteiger partial charge in [0.2, 0.25) is 0 Å². The molecule has 102 valence electrons. The van der Waals surface area contributed by atoms with E-state index in [1.165, 1.54) is 18.5 Å². The van der Waals surface area contributed by atoms with E-state index in [9.17, 15) is 4.39 Å². The lowest BCUT2D eigenvalue weighted by atomic mass is 10.2. The SMILES string of the molecule is CC(C)Cn1ncnc1COc1cc(F)ccc1Br. The molecular formula is C13H15BrFN3O. The van der Waals surface area contributed by atoms with Crippen molar-refractivity contribution in [2.75, 3.05) is 0 Å². The average Bonchev–Trinajstić information content (AvgIpc) is 2.77. The largest absolute Gasteiger partial charge is 0.484 e. The second-order valence-electron chi connectivity index (χ2n) is 4.62. The molecule has 1 heterocycles. The fraction of sp³-hybridized carbons (Fsp3) is 0.385. The van der Waals surface area contributed by atoms with Gasteiger partial charge < -0.3 is 4.74 Å². The normalized spacial score (nSPS) is 11.0. The molecule has 2 rings (SSSR count). The van der Waals surface area contributed by atoms with Crippen LogP contribution in [0.3, 0.4) is 0 Å². The third kappa shape index (κ3) is 3.76. The van der Waals surface area contributed by atoms with Crippen molar-refractivity contribution < 1.29 is 9.13 Å². The Morgan fingerprint density at radius 1 is 1.42 bits per heavy atom. The van der Waals surface area contributed by atoms with Crippen LogP contribution in [0.4, 0.5) is 4.39 Å². The quantitative estimate of drug-likeness (QED) is 0.844. The lowest BCUT2D eigenvalue weighted by Gasteiger charge is -2.10. The van der Waals surface area contributed by atoms with Crippen molar-refractivity contribution in [1.29, 1.82) is 0 Å². The van der Waals surface area contributed by atoms with E-state index in [0.29, 0.717) is 16.1 Å². The molecule has 0 saturated heterocycles. The number of nitrogens with zero attached hydrogens (tertiary/aromatic N) is 3. The van der Waals surface area contributed by atoms with Crippen molar-refractivity contribution in [3.63, 3.8) is 0 Å². The maximum atomic E-state index is 13.1. The summed E-state index contributed by atoms with van der Waals surface area (Å²) in [6, 6.07) is 4.33. The molecule has 0 spiro atoms. The van der Waals surface area contributed by atoms with Crippen LogP contribution in [0.2, 0.25) is 0 Å². The number of halogens is 2. The van der Waals surface area contributed by atoms with E-state index in [1.54, 1.807) is 10.7 Å². The first-order valence-electron chi connectivity index (χ1n) is 6.01. The molecule has 4 nitrogen and oxygen atoms in total. The monoisotopic (exact) mass is 327 g/mol. The first-order chi connectivity index (χ1) is 9.06. The van der Waals surface area contributed by atoms with Crippen LogP contribution in [-0.2, 0) is 13.2 Å². The second-order valence-corrected chi connectivity index (χ2v) is 5.47. The van der Waals surface area contributed by atoms with Crippen molar-refractivity contribution >= 4 is 15.9 Å². The Kier molecular flexibility index (Phi) is 4.52. The number of ether oxygens (including phenoxy) is 1. The van der Waals surface area contributed by atoms with Crippen LogP contribution in [0.25, 0.3) is 0 Å². The molecule has 1 aromatic carbocycles. The first-order valence-corrected chi connectivity index (χ1v) is 6.80. The zero-order chi connectivity index (χ0) is 13.8. The van der Waals surface area contributed by atoms with Crippen LogP contribution in [-0.4, -0.2) is 14.8 Å². The summed E-state index contributed by atoms with van der Waals surface area (Å²) in [6.07, 6.45) is 1.50. The van der Waals surface area contributed by atoms with Gasteiger partial charge in [-0.25, -0.2) is 14.1 Å². The molecule has 0 saturated carbocycles. The zero-order valence-electron chi connectivity index (χ0n) is 10.8. The molecule has 19 heavy (non-hydrogen) atoms. The summed E-state index contributed by atoms with van der Waals surface area (Å²) in [5, 5.41) is 4.15. The van der Waals surface area contributed by atoms with Crippen LogP contribution in [0.1, 0.15) is 19.7 Å². The highest BCUT2D eigenvalue weighted by Crippen LogP contribution is 2.26. The van der Waals surface area contributed by atoms with E-state index in [1.807, 2.05) is 0 Å². The Hall–Kier alpha value is -1.43. The van der Waals surface area contributed by atoms with Crippen LogP contribution < -0.4 is 4.74 Å². The van der Waals surface area contributed by atoms with Crippen LogP contribution in [0, 0.1) is 11.7 Å². The van der Waals surface area contributed by atoms with Gasteiger partial charge in [-0.15, -0.1) is 0 Å². The molecule has 1 aromatic heterocycles. The molecule has 0 atom stereocenters. The van der Waals surface area contributed by atoms with E-state index in [-0.39, 0.29) is 12.4 Å². The Morgan fingerprint density at radius 2 is 2.21 bits per heavy atom. The fourth-order valence-electron chi connectivity index (χ4n) is 1.63. The van der Waals surface area contributed by atoms with Gasteiger partial charge in [-0.2, -0.15) is 5.10 Å². The lowest BCUT2D eigenvalue weighted by molar-refractivity contribution is 0.279. The molecule has 0 unspecified atom stereocenters. The Bertz CT molecular complexity index is 557. The summed E-state index contributed by atoms with van der Waals surface area (Å²) >= 11 is 3.32. The summed E-state index contributed by atoms with van der Waals surface area (Å²) in [5.74, 6) is 1.33. The second kappa shape index (κ2) is 6.14. The summed E-state index contributed by atoms with van der Waals surface area (Å²) in [4.78, 5) is 4.15. The summed E-state index contributed by atoms with van der Waals surface area (Å²) in [7, 11) is 0. The Morgan fingerprint density at radius 3 is 2.95 bits per heavy atom. The van der Waals surface area contributed by atoms with Gasteiger partial charge in [0.15, 0.2) is 5.82 Å². The van der Waals surface area contributed by atoms with Crippen molar-refractivity contribution in [1.82, 2.24) is 14.8 Å². The Labute approximate surface area is 119 Å². The molecule has 0 aliphatic carbocycles. The molecule has 2 aromatic rings. The predicted molar refractivity (Wildman–Crippen MR) is 73.3 cm³/mol. The topological polar surface area (TPSA) is 39.9 Å². The molecule has 0 aliphatic heterocycles. The van der Waals surface area contributed by atoms with E-state index >= 15 is 0 Å². The van der Waals surface area contributed by atoms with Crippen LogP contribution >= 0.6 is 15.9 Å². The smallest absolute Gasteiger partial charge is 0.164 e. The summed E-state index contributed by atoms with van der Waals surface area (Å²) in [6.45, 7) is 5.25. The van der Waals surface area contributed by atoms with Crippen LogP contribution in [0.15, 0.2) is 29.0 Å². The van der Waals surface area contributed by atoms with Crippen molar-refractivity contribution in [3.8, 4) is 5.75 Å². The van der Waals surface area contributed by atoms with Gasteiger partial charge in [0.25, 0.3) is 0 Å². The predicted octanol–water partition coefficient (Wildman–Crippen LogP) is 3.41. The third-order valence-electron chi connectivity index (χ3n) is 2.48. The number of hydrogen-bond acceptors (Lipinski definition) is 3. The average molecular weight is 328 g/mol.